The lowest BCUT2D eigenvalue weighted by molar-refractivity contribution is -0.123. The molecule has 0 saturated heterocycles. The number of amides is 1. The molecule has 0 radical (unpaired) electrons. The number of ether oxygens (including phenoxy) is 1. The van der Waals surface area contributed by atoms with Crippen molar-refractivity contribution in [2.75, 3.05) is 13.2 Å². The van der Waals surface area contributed by atoms with Crippen molar-refractivity contribution >= 4 is 44.1 Å². The maximum Gasteiger partial charge on any atom is 0.257 e. The molecule has 1 aliphatic carbocycles. The maximum absolute atomic E-state index is 11.6. The average molecular weight is 391 g/mol. The first-order chi connectivity index (χ1) is 9.10. The Morgan fingerprint density at radius 2 is 2.00 bits per heavy atom. The molecule has 1 aliphatic rings. The van der Waals surface area contributed by atoms with Crippen molar-refractivity contribution < 1.29 is 14.3 Å². The minimum absolute atomic E-state index is 0.0373. The molecule has 0 unspecified atom stereocenters. The number of benzene rings is 1. The normalized spacial score (nSPS) is 14.0. The van der Waals surface area contributed by atoms with Crippen molar-refractivity contribution in [1.29, 1.82) is 0 Å². The predicted molar refractivity (Wildman–Crippen MR) is 78.5 cm³/mol. The molecule has 2 rings (SSSR count). The van der Waals surface area contributed by atoms with Crippen molar-refractivity contribution in [2.24, 2.45) is 5.92 Å². The van der Waals surface area contributed by atoms with Crippen LogP contribution in [-0.4, -0.2) is 25.3 Å². The van der Waals surface area contributed by atoms with Crippen LogP contribution in [0.5, 0.6) is 5.75 Å². The molecular weight excluding hydrogens is 378 g/mol. The Labute approximate surface area is 128 Å². The van der Waals surface area contributed by atoms with E-state index in [2.05, 4.69) is 37.2 Å². The lowest BCUT2D eigenvalue weighted by atomic mass is 10.2. The van der Waals surface area contributed by atoms with E-state index in [1.807, 2.05) is 0 Å². The lowest BCUT2D eigenvalue weighted by Crippen LogP contribution is -2.30. The first kappa shape index (κ1) is 14.5. The third-order valence-electron chi connectivity index (χ3n) is 2.79. The molecule has 102 valence electrons. The summed E-state index contributed by atoms with van der Waals surface area (Å²) >= 11 is 6.63. The molecule has 0 aliphatic heterocycles. The molecule has 1 saturated carbocycles. The van der Waals surface area contributed by atoms with E-state index >= 15 is 0 Å². The van der Waals surface area contributed by atoms with Gasteiger partial charge in [0, 0.05) is 12.1 Å². The van der Waals surface area contributed by atoms with E-state index in [1.165, 1.54) is 12.8 Å². The third kappa shape index (κ3) is 4.31. The minimum Gasteiger partial charge on any atom is -0.481 e. The fraction of sp³-hybridized carbons (Fsp3) is 0.385. The molecule has 1 amide bonds. The van der Waals surface area contributed by atoms with Crippen LogP contribution in [0.4, 0.5) is 0 Å². The Morgan fingerprint density at radius 1 is 1.37 bits per heavy atom. The standard InChI is InChI=1S/C13H13Br2NO3/c14-10-3-9(6-17)4-11(15)13(10)19-7-12(18)16-5-8-1-2-8/h3-4,6,8H,1-2,5,7H2,(H,16,18). The van der Waals surface area contributed by atoms with Gasteiger partial charge < -0.3 is 10.1 Å². The Kier molecular flexibility index (Phi) is 4.99. The fourth-order valence-electron chi connectivity index (χ4n) is 1.55. The van der Waals surface area contributed by atoms with Crippen molar-refractivity contribution in [1.82, 2.24) is 5.32 Å². The summed E-state index contributed by atoms with van der Waals surface area (Å²) in [6.07, 6.45) is 3.15. The Morgan fingerprint density at radius 3 is 2.53 bits per heavy atom. The van der Waals surface area contributed by atoms with Crippen LogP contribution in [0.15, 0.2) is 21.1 Å². The molecule has 0 heterocycles. The number of carbonyl (C=O) groups excluding carboxylic acids is 2. The summed E-state index contributed by atoms with van der Waals surface area (Å²) in [6.45, 7) is 0.693. The van der Waals surface area contributed by atoms with Crippen molar-refractivity contribution in [3.63, 3.8) is 0 Å². The third-order valence-corrected chi connectivity index (χ3v) is 3.97. The first-order valence-corrected chi connectivity index (χ1v) is 7.52. The molecule has 1 aromatic rings. The lowest BCUT2D eigenvalue weighted by Gasteiger charge is -2.11. The summed E-state index contributed by atoms with van der Waals surface area (Å²) in [4.78, 5) is 22.3. The van der Waals surface area contributed by atoms with Crippen molar-refractivity contribution in [3.8, 4) is 5.75 Å². The molecular formula is C13H13Br2NO3. The number of nitrogens with one attached hydrogen (secondary N) is 1. The number of carbonyl (C=O) groups is 2. The number of rotatable bonds is 6. The average Bonchev–Trinajstić information content (AvgIpc) is 3.19. The summed E-state index contributed by atoms with van der Waals surface area (Å²) in [7, 11) is 0. The summed E-state index contributed by atoms with van der Waals surface area (Å²) < 4.78 is 6.74. The van der Waals surface area contributed by atoms with Gasteiger partial charge in [-0.1, -0.05) is 0 Å². The molecule has 1 fully saturated rings. The Bertz CT molecular complexity index is 478. The van der Waals surface area contributed by atoms with E-state index in [0.29, 0.717) is 26.2 Å². The molecule has 4 nitrogen and oxygen atoms in total. The molecule has 6 heteroatoms. The molecule has 1 aromatic carbocycles. The molecule has 0 spiro atoms. The van der Waals surface area contributed by atoms with E-state index in [0.717, 1.165) is 12.8 Å². The summed E-state index contributed by atoms with van der Waals surface area (Å²) in [5.74, 6) is 1.03. The van der Waals surface area contributed by atoms with Gasteiger partial charge in [-0.05, 0) is 62.8 Å². The number of hydrogen-bond acceptors (Lipinski definition) is 3. The van der Waals surface area contributed by atoms with E-state index in [4.69, 9.17) is 4.74 Å². The minimum atomic E-state index is -0.134. The highest BCUT2D eigenvalue weighted by atomic mass is 79.9. The smallest absolute Gasteiger partial charge is 0.257 e. The zero-order valence-electron chi connectivity index (χ0n) is 10.1. The predicted octanol–water partition coefficient (Wildman–Crippen LogP) is 2.93. The number of hydrogen-bond donors (Lipinski definition) is 1. The molecule has 0 bridgehead atoms. The van der Waals surface area contributed by atoms with E-state index in [9.17, 15) is 9.59 Å². The van der Waals surface area contributed by atoms with Gasteiger partial charge in [-0.3, -0.25) is 9.59 Å². The SMILES string of the molecule is O=Cc1cc(Br)c(OCC(=O)NCC2CC2)c(Br)c1. The van der Waals surface area contributed by atoms with Gasteiger partial charge >= 0.3 is 0 Å². The topological polar surface area (TPSA) is 55.4 Å². The summed E-state index contributed by atoms with van der Waals surface area (Å²) in [6, 6.07) is 3.30. The van der Waals surface area contributed by atoms with Gasteiger partial charge in [0.1, 0.15) is 12.0 Å². The van der Waals surface area contributed by atoms with Gasteiger partial charge in [0.05, 0.1) is 8.95 Å². The van der Waals surface area contributed by atoms with Crippen LogP contribution in [-0.2, 0) is 4.79 Å². The molecule has 0 atom stereocenters. The summed E-state index contributed by atoms with van der Waals surface area (Å²) in [5, 5.41) is 2.83. The first-order valence-electron chi connectivity index (χ1n) is 5.94. The fourth-order valence-corrected chi connectivity index (χ4v) is 3.01. The van der Waals surface area contributed by atoms with E-state index in [1.54, 1.807) is 12.1 Å². The zero-order valence-corrected chi connectivity index (χ0v) is 13.3. The Balaban J connectivity index is 1.90. The second-order valence-electron chi connectivity index (χ2n) is 4.47. The van der Waals surface area contributed by atoms with E-state index in [-0.39, 0.29) is 12.5 Å². The quantitative estimate of drug-likeness (QED) is 0.759. The van der Waals surface area contributed by atoms with Crippen LogP contribution >= 0.6 is 31.9 Å². The van der Waals surface area contributed by atoms with Crippen LogP contribution in [0.2, 0.25) is 0 Å². The number of aldehydes is 1. The van der Waals surface area contributed by atoms with Gasteiger partial charge in [0.15, 0.2) is 6.61 Å². The highest BCUT2D eigenvalue weighted by molar-refractivity contribution is 9.11. The van der Waals surface area contributed by atoms with Gasteiger partial charge in [-0.15, -0.1) is 0 Å². The van der Waals surface area contributed by atoms with Crippen LogP contribution in [0.3, 0.4) is 0 Å². The molecule has 19 heavy (non-hydrogen) atoms. The number of halogens is 2. The van der Waals surface area contributed by atoms with Crippen LogP contribution in [0.1, 0.15) is 23.2 Å². The van der Waals surface area contributed by atoms with Crippen LogP contribution in [0.25, 0.3) is 0 Å². The zero-order chi connectivity index (χ0) is 13.8. The second kappa shape index (κ2) is 6.52. The van der Waals surface area contributed by atoms with Crippen LogP contribution < -0.4 is 10.1 Å². The summed E-state index contributed by atoms with van der Waals surface area (Å²) in [5.41, 5.74) is 0.532. The largest absolute Gasteiger partial charge is 0.481 e. The maximum atomic E-state index is 11.6. The van der Waals surface area contributed by atoms with Gasteiger partial charge in [-0.2, -0.15) is 0 Å². The monoisotopic (exact) mass is 389 g/mol. The van der Waals surface area contributed by atoms with Gasteiger partial charge in [0.25, 0.3) is 5.91 Å². The Hall–Kier alpha value is -0.880. The highest BCUT2D eigenvalue weighted by Crippen LogP contribution is 2.34. The van der Waals surface area contributed by atoms with Gasteiger partial charge in [-0.25, -0.2) is 0 Å². The second-order valence-corrected chi connectivity index (χ2v) is 6.18. The van der Waals surface area contributed by atoms with Crippen molar-refractivity contribution in [3.05, 3.63) is 26.6 Å². The van der Waals surface area contributed by atoms with Crippen molar-refractivity contribution in [2.45, 2.75) is 12.8 Å². The van der Waals surface area contributed by atoms with Gasteiger partial charge in [0.2, 0.25) is 0 Å². The van der Waals surface area contributed by atoms with E-state index < -0.39 is 0 Å². The molecule has 1 N–H and O–H groups in total. The molecule has 0 aromatic heterocycles. The van der Waals surface area contributed by atoms with Crippen LogP contribution in [0, 0.1) is 5.92 Å². The highest BCUT2D eigenvalue weighted by Gasteiger charge is 2.21.